The van der Waals surface area contributed by atoms with E-state index in [2.05, 4.69) is 0 Å². The van der Waals surface area contributed by atoms with Crippen molar-refractivity contribution in [1.29, 1.82) is 0 Å². The molecule has 2 fully saturated rings. The van der Waals surface area contributed by atoms with Crippen LogP contribution in [0.2, 0.25) is 0 Å². The first-order valence-corrected chi connectivity index (χ1v) is 13.0. The molecule has 0 radical (unpaired) electrons. The number of phenols is 2. The summed E-state index contributed by atoms with van der Waals surface area (Å²) in [5.41, 5.74) is -1.12. The number of aliphatic hydroxyl groups excluding tert-OH is 7. The average Bonchev–Trinajstić information content (AvgIpc) is 2.98. The second-order valence-corrected chi connectivity index (χ2v) is 9.97. The van der Waals surface area contributed by atoms with E-state index in [4.69, 9.17) is 28.1 Å². The monoisotopic (exact) mass is 610 g/mol. The molecule has 0 amide bonds. The van der Waals surface area contributed by atoms with Crippen molar-refractivity contribution in [2.45, 2.75) is 55.3 Å². The summed E-state index contributed by atoms with van der Waals surface area (Å²) in [7, 11) is 1.28. The van der Waals surface area contributed by atoms with Crippen molar-refractivity contribution in [3.8, 4) is 40.1 Å². The Bertz CT molecular complexity index is 1520. The predicted molar refractivity (Wildman–Crippen MR) is 141 cm³/mol. The van der Waals surface area contributed by atoms with Crippen molar-refractivity contribution >= 4 is 11.0 Å². The molecule has 0 spiro atoms. The highest BCUT2D eigenvalue weighted by Crippen LogP contribution is 2.40. The summed E-state index contributed by atoms with van der Waals surface area (Å²) in [6.07, 6.45) is -14.6. The van der Waals surface area contributed by atoms with Crippen LogP contribution in [0.25, 0.3) is 22.3 Å². The van der Waals surface area contributed by atoms with E-state index in [0.29, 0.717) is 0 Å². The molecule has 9 atom stereocenters. The van der Waals surface area contributed by atoms with Crippen molar-refractivity contribution in [2.75, 3.05) is 20.3 Å². The SMILES string of the molecule is COc1cc(-c2oc3cc(O[C@@H]4O[C@H](CO)[C@@H](O)[C@H](O)[C@H]4O)cc(O)c3c(=O)c2O[C@H]2OC[C@@H](O)[C@@H](O)[C@@H]2O)ccc1O. The van der Waals surface area contributed by atoms with E-state index >= 15 is 0 Å². The summed E-state index contributed by atoms with van der Waals surface area (Å²) in [5.74, 6) is -2.04. The largest absolute Gasteiger partial charge is 0.507 e. The van der Waals surface area contributed by atoms with Gasteiger partial charge in [-0.15, -0.1) is 0 Å². The van der Waals surface area contributed by atoms with Gasteiger partial charge in [-0.25, -0.2) is 0 Å². The second kappa shape index (κ2) is 12.1. The van der Waals surface area contributed by atoms with Crippen LogP contribution in [0, 0.1) is 0 Å². The Kier molecular flexibility index (Phi) is 8.66. The maximum atomic E-state index is 13.7. The smallest absolute Gasteiger partial charge is 0.239 e. The number of aromatic hydroxyl groups is 2. The molecule has 5 rings (SSSR count). The van der Waals surface area contributed by atoms with Gasteiger partial charge in [0.2, 0.25) is 23.8 Å². The van der Waals surface area contributed by atoms with Crippen LogP contribution in [0.1, 0.15) is 0 Å². The maximum Gasteiger partial charge on any atom is 0.239 e. The fraction of sp³-hybridized carbons (Fsp3) is 0.444. The number of benzene rings is 2. The van der Waals surface area contributed by atoms with Crippen molar-refractivity contribution in [1.82, 2.24) is 0 Å². The van der Waals surface area contributed by atoms with Crippen LogP contribution in [0.5, 0.6) is 28.7 Å². The number of rotatable bonds is 7. The van der Waals surface area contributed by atoms with E-state index in [1.54, 1.807) is 0 Å². The van der Waals surface area contributed by atoms with E-state index in [9.17, 15) is 50.8 Å². The molecule has 234 valence electrons. The van der Waals surface area contributed by atoms with Crippen LogP contribution in [-0.2, 0) is 9.47 Å². The van der Waals surface area contributed by atoms with E-state index in [1.807, 2.05) is 0 Å². The average molecular weight is 611 g/mol. The third-order valence-corrected chi connectivity index (χ3v) is 7.14. The third-order valence-electron chi connectivity index (χ3n) is 7.14. The molecule has 3 aromatic rings. The van der Waals surface area contributed by atoms with Gasteiger partial charge in [0, 0.05) is 17.7 Å². The maximum absolute atomic E-state index is 13.7. The lowest BCUT2D eigenvalue weighted by Crippen LogP contribution is -2.60. The predicted octanol–water partition coefficient (Wildman–Crippen LogP) is -2.12. The van der Waals surface area contributed by atoms with Gasteiger partial charge in [-0.1, -0.05) is 0 Å². The number of ether oxygens (including phenoxy) is 5. The fourth-order valence-electron chi connectivity index (χ4n) is 4.74. The molecular weight excluding hydrogens is 580 g/mol. The van der Waals surface area contributed by atoms with E-state index in [0.717, 1.165) is 12.1 Å². The van der Waals surface area contributed by atoms with Crippen molar-refractivity contribution in [2.24, 2.45) is 0 Å². The summed E-state index contributed by atoms with van der Waals surface area (Å²) in [4.78, 5) is 13.7. The van der Waals surface area contributed by atoms with Gasteiger partial charge in [-0.05, 0) is 18.2 Å². The van der Waals surface area contributed by atoms with Gasteiger partial charge in [0.25, 0.3) is 0 Å². The Morgan fingerprint density at radius 3 is 2.28 bits per heavy atom. The number of hydrogen-bond acceptors (Lipinski definition) is 16. The molecule has 0 saturated carbocycles. The van der Waals surface area contributed by atoms with Gasteiger partial charge < -0.3 is 74.1 Å². The van der Waals surface area contributed by atoms with Gasteiger partial charge in [0.05, 0.1) is 20.3 Å². The second-order valence-electron chi connectivity index (χ2n) is 9.97. The van der Waals surface area contributed by atoms with Crippen molar-refractivity contribution in [3.63, 3.8) is 0 Å². The van der Waals surface area contributed by atoms with Crippen LogP contribution >= 0.6 is 0 Å². The number of methoxy groups -OCH3 is 1. The zero-order chi connectivity index (χ0) is 31.2. The lowest BCUT2D eigenvalue weighted by atomic mass is 9.99. The molecule has 0 unspecified atom stereocenters. The molecule has 16 nitrogen and oxygen atoms in total. The highest BCUT2D eigenvalue weighted by atomic mass is 16.7. The number of phenolic OH excluding ortho intramolecular Hbond substituents is 2. The molecular formula is C27H30O16. The Morgan fingerprint density at radius 1 is 0.860 bits per heavy atom. The molecule has 0 bridgehead atoms. The molecule has 1 aromatic heterocycles. The Balaban J connectivity index is 1.60. The normalized spacial score (nSPS) is 31.1. The van der Waals surface area contributed by atoms with Crippen LogP contribution in [0.15, 0.2) is 39.5 Å². The molecule has 43 heavy (non-hydrogen) atoms. The lowest BCUT2D eigenvalue weighted by molar-refractivity contribution is -0.277. The topological polar surface area (TPSA) is 258 Å². The van der Waals surface area contributed by atoms with E-state index in [-0.39, 0.29) is 34.2 Å². The quantitative estimate of drug-likeness (QED) is 0.138. The van der Waals surface area contributed by atoms with Gasteiger partial charge in [0.15, 0.2) is 17.3 Å². The van der Waals surface area contributed by atoms with Crippen LogP contribution in [0.4, 0.5) is 0 Å². The highest BCUT2D eigenvalue weighted by molar-refractivity contribution is 5.88. The number of fused-ring (bicyclic) bond motifs is 1. The first kappa shape index (κ1) is 30.7. The number of hydrogen-bond donors (Lipinski definition) is 9. The Hall–Kier alpha value is -3.71. The van der Waals surface area contributed by atoms with Gasteiger partial charge in [-0.3, -0.25) is 4.79 Å². The van der Waals surface area contributed by atoms with Crippen LogP contribution < -0.4 is 19.6 Å². The zero-order valence-corrected chi connectivity index (χ0v) is 22.4. The third kappa shape index (κ3) is 5.67. The minimum Gasteiger partial charge on any atom is -0.507 e. The first-order chi connectivity index (χ1) is 20.4. The highest BCUT2D eigenvalue weighted by Gasteiger charge is 2.45. The van der Waals surface area contributed by atoms with Crippen molar-refractivity contribution in [3.05, 3.63) is 40.6 Å². The minimum atomic E-state index is -1.79. The minimum absolute atomic E-state index is 0.0127. The summed E-state index contributed by atoms with van der Waals surface area (Å²) in [5, 5.41) is 90.6. The first-order valence-electron chi connectivity index (χ1n) is 13.0. The van der Waals surface area contributed by atoms with Gasteiger partial charge in [-0.2, -0.15) is 0 Å². The Morgan fingerprint density at radius 2 is 1.58 bits per heavy atom. The molecule has 0 aliphatic carbocycles. The van der Waals surface area contributed by atoms with Crippen LogP contribution in [-0.4, -0.2) is 122 Å². The molecule has 16 heteroatoms. The van der Waals surface area contributed by atoms with E-state index in [1.165, 1.54) is 25.3 Å². The lowest BCUT2D eigenvalue weighted by Gasteiger charge is -2.39. The standard InChI is InChI=1S/C27H30O16/c1-38-14-4-9(2-3-11(14)29)24-25(43-26-22(36)18(32)13(31)8-39-26)20(34)17-12(30)5-10(6-15(17)41-24)40-27-23(37)21(35)19(33)16(7-28)42-27/h2-6,13,16,18-19,21-23,26-33,35-37H,7-8H2,1H3/t13-,16-,18-,19-,21+,22+,23-,26-,27-/m1/s1. The summed E-state index contributed by atoms with van der Waals surface area (Å²) in [6, 6.07) is 6.01. The molecule has 9 N–H and O–H groups in total. The Labute approximate surface area is 241 Å². The number of aliphatic hydroxyl groups is 7. The van der Waals surface area contributed by atoms with Gasteiger partial charge in [0.1, 0.15) is 65.2 Å². The van der Waals surface area contributed by atoms with Crippen LogP contribution in [0.3, 0.4) is 0 Å². The van der Waals surface area contributed by atoms with E-state index < -0.39 is 90.8 Å². The molecule has 2 saturated heterocycles. The molecule has 3 heterocycles. The summed E-state index contributed by atoms with van der Waals surface area (Å²) >= 11 is 0. The summed E-state index contributed by atoms with van der Waals surface area (Å²) < 4.78 is 32.9. The molecule has 2 aromatic carbocycles. The molecule has 2 aliphatic heterocycles. The summed E-state index contributed by atoms with van der Waals surface area (Å²) in [6.45, 7) is -1.14. The van der Waals surface area contributed by atoms with Crippen molar-refractivity contribution < 1.29 is 74.1 Å². The zero-order valence-electron chi connectivity index (χ0n) is 22.4. The fourth-order valence-corrected chi connectivity index (χ4v) is 4.74. The molecule has 2 aliphatic rings. The van der Waals surface area contributed by atoms with Gasteiger partial charge >= 0.3 is 0 Å².